The van der Waals surface area contributed by atoms with Crippen LogP contribution in [0.2, 0.25) is 0 Å². The molecule has 25 heavy (non-hydrogen) atoms. The number of carbonyl (C=O) groups is 1. The van der Waals surface area contributed by atoms with Gasteiger partial charge in [-0.2, -0.15) is 0 Å². The van der Waals surface area contributed by atoms with Crippen LogP contribution in [0.15, 0.2) is 23.8 Å². The van der Waals surface area contributed by atoms with Gasteiger partial charge in [-0.05, 0) is 49.4 Å². The normalized spacial score (nSPS) is 46.5. The molecule has 0 aromatic rings. The fourth-order valence-electron chi connectivity index (χ4n) is 5.56. The Labute approximate surface area is 149 Å². The maximum atomic E-state index is 11.9. The molecule has 3 rings (SSSR count). The van der Waals surface area contributed by atoms with Crippen LogP contribution < -0.4 is 0 Å². The molecule has 3 fully saturated rings. The van der Waals surface area contributed by atoms with E-state index >= 15 is 0 Å². The largest absolute Gasteiger partial charge is 0.396 e. The highest BCUT2D eigenvalue weighted by molar-refractivity contribution is 5.98. The van der Waals surface area contributed by atoms with E-state index in [-0.39, 0.29) is 36.2 Å². The van der Waals surface area contributed by atoms with Gasteiger partial charge in [-0.3, -0.25) is 4.79 Å². The molecule has 0 spiro atoms. The number of allylic oxidation sites excluding steroid dienone is 2. The molecule has 0 amide bonds. The number of aliphatic hydroxyl groups excluding tert-OH is 3. The maximum absolute atomic E-state index is 11.9. The van der Waals surface area contributed by atoms with Crippen molar-refractivity contribution in [3.05, 3.63) is 23.8 Å². The Morgan fingerprint density at radius 1 is 1.32 bits per heavy atom. The molecule has 1 saturated heterocycles. The summed E-state index contributed by atoms with van der Waals surface area (Å²) < 4.78 is 4.99. The monoisotopic (exact) mass is 350 g/mol. The fraction of sp³-hybridized carbons (Fsp3) is 0.750. The zero-order valence-electron chi connectivity index (χ0n) is 15.2. The van der Waals surface area contributed by atoms with Crippen molar-refractivity contribution in [2.75, 3.05) is 13.2 Å². The second-order valence-corrected chi connectivity index (χ2v) is 8.51. The Hall–Kier alpha value is -1.01. The third kappa shape index (κ3) is 2.91. The van der Waals surface area contributed by atoms with Gasteiger partial charge in [0.05, 0.1) is 12.7 Å². The van der Waals surface area contributed by atoms with Crippen molar-refractivity contribution in [1.29, 1.82) is 0 Å². The highest BCUT2D eigenvalue weighted by Gasteiger charge is 2.57. The van der Waals surface area contributed by atoms with Crippen LogP contribution in [-0.4, -0.2) is 46.7 Å². The molecule has 3 aliphatic rings. The number of aliphatic hydroxyl groups is 3. The van der Waals surface area contributed by atoms with E-state index in [9.17, 15) is 20.1 Å². The Balaban J connectivity index is 1.89. The number of rotatable bonds is 3. The Kier molecular flexibility index (Phi) is 4.97. The SMILES string of the molecule is C=C1CC[C@@H]2[C@](C)(CO)[C@H](O)CC[C@@]2(C)[C@@H]1C/C=C1/C(=O)CO[C@H]1O. The summed E-state index contributed by atoms with van der Waals surface area (Å²) in [6, 6.07) is 0. The average Bonchev–Trinajstić information content (AvgIpc) is 2.89. The molecule has 0 aromatic carbocycles. The first-order valence-electron chi connectivity index (χ1n) is 9.23. The van der Waals surface area contributed by atoms with Crippen molar-refractivity contribution in [2.24, 2.45) is 22.7 Å². The lowest BCUT2D eigenvalue weighted by Crippen LogP contribution is -2.57. The summed E-state index contributed by atoms with van der Waals surface area (Å²) in [6.07, 6.45) is 4.14. The molecule has 2 saturated carbocycles. The van der Waals surface area contributed by atoms with Crippen molar-refractivity contribution in [2.45, 2.75) is 58.3 Å². The van der Waals surface area contributed by atoms with Crippen LogP contribution in [0.3, 0.4) is 0 Å². The minimum Gasteiger partial charge on any atom is -0.396 e. The third-order valence-corrected chi connectivity index (χ3v) is 7.23. The van der Waals surface area contributed by atoms with Crippen molar-refractivity contribution in [3.8, 4) is 0 Å². The number of carbonyl (C=O) groups excluding carboxylic acids is 1. The zero-order chi connectivity index (χ0) is 18.4. The summed E-state index contributed by atoms with van der Waals surface area (Å²) >= 11 is 0. The Morgan fingerprint density at radius 2 is 2.04 bits per heavy atom. The third-order valence-electron chi connectivity index (χ3n) is 7.23. The summed E-state index contributed by atoms with van der Waals surface area (Å²) in [6.45, 7) is 8.40. The van der Waals surface area contributed by atoms with Gasteiger partial charge in [-0.1, -0.05) is 32.1 Å². The van der Waals surface area contributed by atoms with Crippen molar-refractivity contribution in [1.82, 2.24) is 0 Å². The van der Waals surface area contributed by atoms with Gasteiger partial charge >= 0.3 is 0 Å². The van der Waals surface area contributed by atoms with Crippen LogP contribution in [0.25, 0.3) is 0 Å². The van der Waals surface area contributed by atoms with E-state index < -0.39 is 17.8 Å². The average molecular weight is 350 g/mol. The number of hydrogen-bond acceptors (Lipinski definition) is 5. The smallest absolute Gasteiger partial charge is 0.189 e. The van der Waals surface area contributed by atoms with Crippen LogP contribution in [0, 0.1) is 22.7 Å². The van der Waals surface area contributed by atoms with E-state index in [1.54, 1.807) is 0 Å². The minimum atomic E-state index is -1.12. The van der Waals surface area contributed by atoms with Gasteiger partial charge in [-0.25, -0.2) is 0 Å². The van der Waals surface area contributed by atoms with E-state index in [2.05, 4.69) is 13.5 Å². The van der Waals surface area contributed by atoms with Crippen LogP contribution in [0.5, 0.6) is 0 Å². The van der Waals surface area contributed by atoms with Crippen molar-refractivity contribution in [3.63, 3.8) is 0 Å². The topological polar surface area (TPSA) is 87.0 Å². The van der Waals surface area contributed by atoms with Gasteiger partial charge in [0.1, 0.15) is 6.61 Å². The molecule has 1 heterocycles. The summed E-state index contributed by atoms with van der Waals surface area (Å²) in [5, 5.41) is 30.3. The lowest BCUT2D eigenvalue weighted by molar-refractivity contribution is -0.151. The van der Waals surface area contributed by atoms with Gasteiger partial charge in [-0.15, -0.1) is 0 Å². The fourth-order valence-corrected chi connectivity index (χ4v) is 5.56. The summed E-state index contributed by atoms with van der Waals surface area (Å²) in [7, 11) is 0. The Morgan fingerprint density at radius 3 is 2.64 bits per heavy atom. The van der Waals surface area contributed by atoms with E-state index in [0.717, 1.165) is 24.8 Å². The van der Waals surface area contributed by atoms with E-state index in [1.807, 2.05) is 13.0 Å². The van der Waals surface area contributed by atoms with Crippen LogP contribution in [0.4, 0.5) is 0 Å². The molecule has 1 aliphatic heterocycles. The standard InChI is InChI=1S/C20H30O5/c1-12-4-7-16-19(2,9-8-17(23)20(16,3)11-21)14(12)6-5-13-15(22)10-25-18(13)24/h5,14,16-18,21,23-24H,1,4,6-11H2,2-3H3/b13-5-/t14-,16+,17-,18-,19+,20+/m1/s1. The summed E-state index contributed by atoms with van der Waals surface area (Å²) in [5.41, 5.74) is 0.911. The quantitative estimate of drug-likeness (QED) is 0.535. The molecule has 5 heteroatoms. The number of ether oxygens (including phenoxy) is 1. The minimum absolute atomic E-state index is 0.0280. The Bertz CT molecular complexity index is 597. The van der Waals surface area contributed by atoms with E-state index in [1.165, 1.54) is 0 Å². The van der Waals surface area contributed by atoms with Crippen molar-refractivity contribution < 1.29 is 24.9 Å². The second-order valence-electron chi connectivity index (χ2n) is 8.51. The molecular weight excluding hydrogens is 320 g/mol. The highest BCUT2D eigenvalue weighted by Crippen LogP contribution is 2.61. The summed E-state index contributed by atoms with van der Waals surface area (Å²) in [5.74, 6) is 0.204. The molecule has 0 bridgehead atoms. The zero-order valence-corrected chi connectivity index (χ0v) is 15.2. The molecule has 140 valence electrons. The first-order valence-corrected chi connectivity index (χ1v) is 9.23. The van der Waals surface area contributed by atoms with Crippen LogP contribution in [-0.2, 0) is 9.53 Å². The number of Topliss-reactive ketones (excluding diaryl/α,β-unsaturated/α-hetero) is 1. The lowest BCUT2D eigenvalue weighted by atomic mass is 9.46. The van der Waals surface area contributed by atoms with Gasteiger partial charge in [0.15, 0.2) is 12.1 Å². The molecule has 5 nitrogen and oxygen atoms in total. The molecule has 0 aromatic heterocycles. The first-order chi connectivity index (χ1) is 11.7. The van der Waals surface area contributed by atoms with Crippen LogP contribution >= 0.6 is 0 Å². The van der Waals surface area contributed by atoms with Gasteiger partial charge in [0, 0.05) is 11.0 Å². The van der Waals surface area contributed by atoms with Gasteiger partial charge in [0.25, 0.3) is 0 Å². The van der Waals surface area contributed by atoms with Gasteiger partial charge in [0.2, 0.25) is 0 Å². The summed E-state index contributed by atoms with van der Waals surface area (Å²) in [4.78, 5) is 11.9. The molecule has 2 aliphatic carbocycles. The molecule has 0 radical (unpaired) electrons. The molecule has 0 unspecified atom stereocenters. The molecular formula is C20H30O5. The predicted octanol–water partition coefficient (Wildman–Crippen LogP) is 1.96. The van der Waals surface area contributed by atoms with Crippen molar-refractivity contribution >= 4 is 5.78 Å². The highest BCUT2D eigenvalue weighted by atomic mass is 16.6. The van der Waals surface area contributed by atoms with Gasteiger partial charge < -0.3 is 20.1 Å². The maximum Gasteiger partial charge on any atom is 0.189 e. The molecule has 3 N–H and O–H groups in total. The first kappa shape index (κ1) is 18.8. The lowest BCUT2D eigenvalue weighted by Gasteiger charge is -2.59. The molecule has 6 atom stereocenters. The van der Waals surface area contributed by atoms with E-state index in [0.29, 0.717) is 18.4 Å². The number of ketones is 1. The number of fused-ring (bicyclic) bond motifs is 1. The van der Waals surface area contributed by atoms with Crippen LogP contribution in [0.1, 0.15) is 46.0 Å². The predicted molar refractivity (Wildman–Crippen MR) is 93.6 cm³/mol. The second kappa shape index (κ2) is 6.62. The number of hydrogen-bond donors (Lipinski definition) is 3. The van der Waals surface area contributed by atoms with E-state index in [4.69, 9.17) is 4.74 Å².